The van der Waals surface area contributed by atoms with Gasteiger partial charge in [0.2, 0.25) is 0 Å². The molecule has 158 valence electrons. The molecule has 0 aliphatic rings. The van der Waals surface area contributed by atoms with Crippen molar-refractivity contribution in [1.82, 2.24) is 4.98 Å². The maximum atomic E-state index is 4.86. The van der Waals surface area contributed by atoms with Crippen LogP contribution in [0.2, 0.25) is 0 Å². The van der Waals surface area contributed by atoms with E-state index in [0.29, 0.717) is 5.92 Å². The fourth-order valence-electron chi connectivity index (χ4n) is 3.86. The lowest BCUT2D eigenvalue weighted by Crippen LogP contribution is -2.10. The molecule has 1 aromatic heterocycles. The van der Waals surface area contributed by atoms with Crippen LogP contribution in [0.4, 0.5) is 0 Å². The van der Waals surface area contributed by atoms with E-state index in [1.807, 2.05) is 0 Å². The van der Waals surface area contributed by atoms with Crippen LogP contribution in [-0.2, 0) is 12.8 Å². The van der Waals surface area contributed by atoms with Gasteiger partial charge in [-0.25, -0.2) is 0 Å². The average Bonchev–Trinajstić information content (AvgIpc) is 2.67. The molecular formula is C26H49N. The van der Waals surface area contributed by atoms with Gasteiger partial charge in [-0.2, -0.15) is 0 Å². The summed E-state index contributed by atoms with van der Waals surface area (Å²) >= 11 is 0. The molecule has 1 heterocycles. The first kappa shape index (κ1) is 26.1. The number of aryl methyl sites for hydroxylation is 1. The summed E-state index contributed by atoms with van der Waals surface area (Å²) in [5, 5.41) is 0. The summed E-state index contributed by atoms with van der Waals surface area (Å²) in [6, 6.07) is 0. The molecule has 1 nitrogen and oxygen atoms in total. The van der Waals surface area contributed by atoms with E-state index >= 15 is 0 Å². The molecule has 1 aromatic rings. The Labute approximate surface area is 171 Å². The van der Waals surface area contributed by atoms with Gasteiger partial charge in [0.05, 0.1) is 0 Å². The number of unbranched alkanes of at least 4 members (excludes halogenated alkanes) is 5. The summed E-state index contributed by atoms with van der Waals surface area (Å²) in [6.45, 7) is 15.9. The van der Waals surface area contributed by atoms with Crippen molar-refractivity contribution in [1.29, 1.82) is 0 Å². The Morgan fingerprint density at radius 3 is 1.81 bits per heavy atom. The monoisotopic (exact) mass is 375 g/mol. The molecular weight excluding hydrogens is 326 g/mol. The molecule has 27 heavy (non-hydrogen) atoms. The third-order valence-corrected chi connectivity index (χ3v) is 5.55. The smallest absolute Gasteiger partial charge is 0.0469 e. The van der Waals surface area contributed by atoms with Gasteiger partial charge in [-0.05, 0) is 55.7 Å². The number of nitrogens with zero attached hydrogens (tertiary/aromatic N) is 1. The Bertz CT molecular complexity index is 460. The van der Waals surface area contributed by atoms with Crippen molar-refractivity contribution in [2.24, 2.45) is 0 Å². The largest absolute Gasteiger partial charge is 0.260 e. The fraction of sp³-hybridized carbons (Fsp3) is 0.808. The van der Waals surface area contributed by atoms with Crippen molar-refractivity contribution in [3.05, 3.63) is 28.6 Å². The third kappa shape index (κ3) is 10.3. The summed E-state index contributed by atoms with van der Waals surface area (Å²) < 4.78 is 0. The predicted molar refractivity (Wildman–Crippen MR) is 124 cm³/mol. The van der Waals surface area contributed by atoms with Gasteiger partial charge in [-0.15, -0.1) is 0 Å². The number of pyridine rings is 1. The van der Waals surface area contributed by atoms with Crippen molar-refractivity contribution < 1.29 is 0 Å². The van der Waals surface area contributed by atoms with Crippen molar-refractivity contribution >= 4 is 0 Å². The van der Waals surface area contributed by atoms with Gasteiger partial charge in [-0.1, -0.05) is 92.9 Å². The van der Waals surface area contributed by atoms with Crippen molar-refractivity contribution in [3.8, 4) is 0 Å². The van der Waals surface area contributed by atoms with Crippen LogP contribution in [0.25, 0.3) is 0 Å². The van der Waals surface area contributed by atoms with E-state index < -0.39 is 0 Å². The lowest BCUT2D eigenvalue weighted by Gasteiger charge is -2.21. The first-order valence-corrected chi connectivity index (χ1v) is 12.1. The maximum Gasteiger partial charge on any atom is 0.0469 e. The minimum absolute atomic E-state index is 0.655. The van der Waals surface area contributed by atoms with Crippen LogP contribution in [-0.4, -0.2) is 4.98 Å². The minimum atomic E-state index is 0.655. The Morgan fingerprint density at radius 1 is 0.704 bits per heavy atom. The standard InChI is InChI=1S/C19H33N.C7H16/c1-6-10-13-17-15(5)14-20-19(18(17)12-8-3)16(9-4)11-7-2;1-3-5-7-6-4-2/h14,16H,6-13H2,1-5H3;3-7H2,1-2H3. The summed E-state index contributed by atoms with van der Waals surface area (Å²) in [6.07, 6.45) is 19.1. The van der Waals surface area contributed by atoms with Gasteiger partial charge >= 0.3 is 0 Å². The van der Waals surface area contributed by atoms with E-state index in [2.05, 4.69) is 54.7 Å². The van der Waals surface area contributed by atoms with E-state index in [1.165, 1.54) is 94.7 Å². The zero-order valence-corrected chi connectivity index (χ0v) is 19.8. The molecule has 0 radical (unpaired) electrons. The molecule has 1 heteroatoms. The second-order valence-corrected chi connectivity index (χ2v) is 8.09. The van der Waals surface area contributed by atoms with Crippen LogP contribution in [0, 0.1) is 6.92 Å². The molecule has 0 amide bonds. The summed E-state index contributed by atoms with van der Waals surface area (Å²) in [4.78, 5) is 4.86. The number of hydrogen-bond acceptors (Lipinski definition) is 1. The Kier molecular flexibility index (Phi) is 16.7. The first-order chi connectivity index (χ1) is 13.1. The number of hydrogen-bond donors (Lipinski definition) is 0. The van der Waals surface area contributed by atoms with Gasteiger partial charge in [0.1, 0.15) is 0 Å². The van der Waals surface area contributed by atoms with E-state index in [1.54, 1.807) is 11.1 Å². The zero-order chi connectivity index (χ0) is 20.5. The minimum Gasteiger partial charge on any atom is -0.260 e. The van der Waals surface area contributed by atoms with Gasteiger partial charge in [0, 0.05) is 17.8 Å². The lowest BCUT2D eigenvalue weighted by molar-refractivity contribution is 0.571. The maximum absolute atomic E-state index is 4.86. The molecule has 1 atom stereocenters. The second-order valence-electron chi connectivity index (χ2n) is 8.09. The predicted octanol–water partition coefficient (Wildman–Crippen LogP) is 8.96. The van der Waals surface area contributed by atoms with Crippen LogP contribution in [0.3, 0.4) is 0 Å². The third-order valence-electron chi connectivity index (χ3n) is 5.55. The van der Waals surface area contributed by atoms with Crippen LogP contribution in [0.15, 0.2) is 6.20 Å². The van der Waals surface area contributed by atoms with E-state index in [-0.39, 0.29) is 0 Å². The molecule has 0 bridgehead atoms. The Hall–Kier alpha value is -0.850. The van der Waals surface area contributed by atoms with Crippen LogP contribution in [0.1, 0.15) is 140 Å². The van der Waals surface area contributed by atoms with Gasteiger partial charge < -0.3 is 0 Å². The van der Waals surface area contributed by atoms with Crippen LogP contribution in [0.5, 0.6) is 0 Å². The molecule has 0 spiro atoms. The quantitative estimate of drug-likeness (QED) is 0.313. The zero-order valence-electron chi connectivity index (χ0n) is 19.8. The fourth-order valence-corrected chi connectivity index (χ4v) is 3.86. The number of rotatable bonds is 13. The van der Waals surface area contributed by atoms with Gasteiger partial charge in [-0.3, -0.25) is 4.98 Å². The molecule has 0 aliphatic heterocycles. The van der Waals surface area contributed by atoms with E-state index in [4.69, 9.17) is 4.98 Å². The summed E-state index contributed by atoms with van der Waals surface area (Å²) in [5.74, 6) is 0.655. The topological polar surface area (TPSA) is 12.9 Å². The van der Waals surface area contributed by atoms with E-state index in [0.717, 1.165) is 0 Å². The normalized spacial score (nSPS) is 11.8. The van der Waals surface area contributed by atoms with Crippen LogP contribution >= 0.6 is 0 Å². The van der Waals surface area contributed by atoms with E-state index in [9.17, 15) is 0 Å². The second kappa shape index (κ2) is 17.3. The molecule has 1 unspecified atom stereocenters. The highest BCUT2D eigenvalue weighted by Crippen LogP contribution is 2.30. The first-order valence-electron chi connectivity index (χ1n) is 12.1. The average molecular weight is 376 g/mol. The van der Waals surface area contributed by atoms with Crippen molar-refractivity contribution in [2.45, 2.75) is 138 Å². The van der Waals surface area contributed by atoms with Crippen LogP contribution < -0.4 is 0 Å². The molecule has 0 aromatic carbocycles. The van der Waals surface area contributed by atoms with Crippen molar-refractivity contribution in [2.75, 3.05) is 0 Å². The SMILES string of the molecule is CCCCCCC.CCCCc1c(C)cnc(C(CC)CCC)c1CCC. The number of aromatic nitrogens is 1. The molecule has 0 saturated heterocycles. The lowest BCUT2D eigenvalue weighted by atomic mass is 9.86. The molecule has 0 N–H and O–H groups in total. The Morgan fingerprint density at radius 2 is 1.33 bits per heavy atom. The Balaban J connectivity index is 0.000000821. The molecule has 0 aliphatic carbocycles. The summed E-state index contributed by atoms with van der Waals surface area (Å²) in [7, 11) is 0. The highest BCUT2D eigenvalue weighted by molar-refractivity contribution is 5.38. The molecule has 0 saturated carbocycles. The summed E-state index contributed by atoms with van der Waals surface area (Å²) in [5.41, 5.74) is 6.00. The highest BCUT2D eigenvalue weighted by atomic mass is 14.7. The van der Waals surface area contributed by atoms with Crippen molar-refractivity contribution in [3.63, 3.8) is 0 Å². The molecule has 1 rings (SSSR count). The van der Waals surface area contributed by atoms with Gasteiger partial charge in [0.25, 0.3) is 0 Å². The van der Waals surface area contributed by atoms with Gasteiger partial charge in [0.15, 0.2) is 0 Å². The molecule has 0 fully saturated rings. The highest BCUT2D eigenvalue weighted by Gasteiger charge is 2.18.